The van der Waals surface area contributed by atoms with E-state index in [0.29, 0.717) is 0 Å². The molecular formula is C8H11F2N3O2S. The molecule has 8 heteroatoms. The van der Waals surface area contributed by atoms with Gasteiger partial charge in [-0.1, -0.05) is 0 Å². The van der Waals surface area contributed by atoms with E-state index in [0.717, 1.165) is 12.1 Å². The molecule has 0 amide bonds. The van der Waals surface area contributed by atoms with Crippen LogP contribution in [-0.2, 0) is 10.0 Å². The Morgan fingerprint density at radius 2 is 1.75 bits per heavy atom. The smallest absolute Gasteiger partial charge is 0.210 e. The summed E-state index contributed by atoms with van der Waals surface area (Å²) in [4.78, 5) is 0. The fourth-order valence-electron chi connectivity index (χ4n) is 1.08. The summed E-state index contributed by atoms with van der Waals surface area (Å²) in [7, 11) is -3.66. The summed E-state index contributed by atoms with van der Waals surface area (Å²) in [6, 6.07) is 1.87. The average molecular weight is 251 g/mol. The van der Waals surface area contributed by atoms with Crippen LogP contribution in [0.2, 0.25) is 0 Å². The van der Waals surface area contributed by atoms with Crippen LogP contribution in [0.3, 0.4) is 0 Å². The molecule has 90 valence electrons. The molecule has 0 atom stereocenters. The molecule has 0 bridgehead atoms. The highest BCUT2D eigenvalue weighted by Crippen LogP contribution is 2.21. The van der Waals surface area contributed by atoms with Crippen LogP contribution in [0.1, 0.15) is 0 Å². The Labute approximate surface area is 91.5 Å². The van der Waals surface area contributed by atoms with Crippen LogP contribution < -0.4 is 16.2 Å². The van der Waals surface area contributed by atoms with Crippen molar-refractivity contribution in [3.05, 3.63) is 23.8 Å². The monoisotopic (exact) mass is 251 g/mol. The standard InChI is InChI=1S/C8H11F2N3O2S/c9-6-3-5(11)4-7(10)8(6)13-1-2-16(12,14)15/h3-4,13H,1-2,11H2,(H2,12,14,15). The lowest BCUT2D eigenvalue weighted by atomic mass is 10.2. The van der Waals surface area contributed by atoms with Crippen molar-refractivity contribution in [3.8, 4) is 0 Å². The van der Waals surface area contributed by atoms with Crippen molar-refractivity contribution >= 4 is 21.4 Å². The van der Waals surface area contributed by atoms with Gasteiger partial charge in [-0.2, -0.15) is 0 Å². The molecule has 0 aliphatic carbocycles. The maximum Gasteiger partial charge on any atom is 0.210 e. The Hall–Kier alpha value is -1.41. The van der Waals surface area contributed by atoms with E-state index in [9.17, 15) is 17.2 Å². The Morgan fingerprint density at radius 1 is 1.25 bits per heavy atom. The first kappa shape index (κ1) is 12.7. The van der Waals surface area contributed by atoms with Crippen molar-refractivity contribution in [2.45, 2.75) is 0 Å². The molecule has 5 nitrogen and oxygen atoms in total. The number of sulfonamides is 1. The Bertz CT molecular complexity index is 467. The van der Waals surface area contributed by atoms with E-state index in [4.69, 9.17) is 10.9 Å². The van der Waals surface area contributed by atoms with Gasteiger partial charge in [-0.25, -0.2) is 22.3 Å². The van der Waals surface area contributed by atoms with E-state index >= 15 is 0 Å². The Balaban J connectivity index is 2.75. The molecule has 1 rings (SSSR count). The Kier molecular flexibility index (Phi) is 3.66. The van der Waals surface area contributed by atoms with Crippen molar-refractivity contribution in [1.82, 2.24) is 0 Å². The third kappa shape index (κ3) is 3.63. The summed E-state index contributed by atoms with van der Waals surface area (Å²) in [5, 5.41) is 7.02. The SMILES string of the molecule is Nc1cc(F)c(NCCS(N)(=O)=O)c(F)c1. The van der Waals surface area contributed by atoms with Crippen LogP contribution in [0.25, 0.3) is 0 Å². The first-order valence-corrected chi connectivity index (χ1v) is 6.00. The predicted molar refractivity (Wildman–Crippen MR) is 57.2 cm³/mol. The van der Waals surface area contributed by atoms with Gasteiger partial charge >= 0.3 is 0 Å². The molecule has 0 radical (unpaired) electrons. The minimum absolute atomic E-state index is 0.0491. The van der Waals surface area contributed by atoms with Gasteiger partial charge in [0, 0.05) is 12.2 Å². The lowest BCUT2D eigenvalue weighted by Crippen LogP contribution is -2.23. The zero-order valence-corrected chi connectivity index (χ0v) is 9.02. The quantitative estimate of drug-likeness (QED) is 0.668. The Morgan fingerprint density at radius 3 is 2.19 bits per heavy atom. The maximum absolute atomic E-state index is 13.2. The molecule has 0 aliphatic rings. The molecule has 0 heterocycles. The van der Waals surface area contributed by atoms with Crippen LogP contribution >= 0.6 is 0 Å². The van der Waals surface area contributed by atoms with Gasteiger partial charge in [0.25, 0.3) is 0 Å². The normalized spacial score (nSPS) is 11.4. The second-order valence-corrected chi connectivity index (χ2v) is 4.89. The molecule has 0 aromatic heterocycles. The van der Waals surface area contributed by atoms with Gasteiger partial charge in [0.05, 0.1) is 5.75 Å². The molecule has 0 fully saturated rings. The predicted octanol–water partition coefficient (Wildman–Crippen LogP) is 0.247. The van der Waals surface area contributed by atoms with Crippen molar-refractivity contribution in [3.63, 3.8) is 0 Å². The highest BCUT2D eigenvalue weighted by atomic mass is 32.2. The van der Waals surface area contributed by atoms with Crippen molar-refractivity contribution < 1.29 is 17.2 Å². The second kappa shape index (κ2) is 4.62. The van der Waals surface area contributed by atoms with Crippen molar-refractivity contribution in [2.75, 3.05) is 23.3 Å². The number of rotatable bonds is 4. The zero-order valence-electron chi connectivity index (χ0n) is 8.20. The number of benzene rings is 1. The lowest BCUT2D eigenvalue weighted by molar-refractivity contribution is 0.587. The molecule has 1 aromatic rings. The third-order valence-corrected chi connectivity index (χ3v) is 2.53. The molecule has 16 heavy (non-hydrogen) atoms. The summed E-state index contributed by atoms with van der Waals surface area (Å²) in [6.45, 7) is -0.184. The number of nitrogen functional groups attached to an aromatic ring is 1. The second-order valence-electron chi connectivity index (χ2n) is 3.15. The maximum atomic E-state index is 13.2. The van der Waals surface area contributed by atoms with Gasteiger partial charge in [0.1, 0.15) is 5.69 Å². The van der Waals surface area contributed by atoms with Gasteiger partial charge in [0.2, 0.25) is 10.0 Å². The van der Waals surface area contributed by atoms with E-state index in [1.807, 2.05) is 0 Å². The van der Waals surface area contributed by atoms with Crippen molar-refractivity contribution in [1.29, 1.82) is 0 Å². The topological polar surface area (TPSA) is 98.2 Å². The zero-order chi connectivity index (χ0) is 12.3. The number of nitrogens with two attached hydrogens (primary N) is 2. The van der Waals surface area contributed by atoms with Crippen LogP contribution in [0.4, 0.5) is 20.2 Å². The summed E-state index contributed by atoms with van der Waals surface area (Å²) in [5.41, 5.74) is 4.73. The molecular weight excluding hydrogens is 240 g/mol. The highest BCUT2D eigenvalue weighted by Gasteiger charge is 2.10. The van der Waals surface area contributed by atoms with Gasteiger partial charge in [-0.3, -0.25) is 0 Å². The van der Waals surface area contributed by atoms with E-state index in [1.54, 1.807) is 0 Å². The largest absolute Gasteiger partial charge is 0.399 e. The molecule has 0 unspecified atom stereocenters. The van der Waals surface area contributed by atoms with E-state index in [2.05, 4.69) is 5.32 Å². The first-order valence-electron chi connectivity index (χ1n) is 4.28. The number of nitrogens with one attached hydrogen (secondary N) is 1. The number of hydrogen-bond acceptors (Lipinski definition) is 4. The van der Waals surface area contributed by atoms with Crippen LogP contribution in [-0.4, -0.2) is 20.7 Å². The number of hydrogen-bond donors (Lipinski definition) is 3. The van der Waals surface area contributed by atoms with Gasteiger partial charge in [0.15, 0.2) is 11.6 Å². The van der Waals surface area contributed by atoms with Gasteiger partial charge in [-0.05, 0) is 12.1 Å². The number of primary sulfonamides is 1. The third-order valence-electron chi connectivity index (χ3n) is 1.75. The molecule has 0 spiro atoms. The molecule has 0 aliphatic heterocycles. The number of halogens is 2. The van der Waals surface area contributed by atoms with Crippen molar-refractivity contribution in [2.24, 2.45) is 5.14 Å². The van der Waals surface area contributed by atoms with Crippen LogP contribution in [0, 0.1) is 11.6 Å². The highest BCUT2D eigenvalue weighted by molar-refractivity contribution is 7.89. The average Bonchev–Trinajstić information content (AvgIpc) is 2.07. The van der Waals surface area contributed by atoms with Gasteiger partial charge in [-0.15, -0.1) is 0 Å². The van der Waals surface area contributed by atoms with E-state index in [1.165, 1.54) is 0 Å². The summed E-state index contributed by atoms with van der Waals surface area (Å²) in [6.07, 6.45) is 0. The van der Waals surface area contributed by atoms with E-state index in [-0.39, 0.29) is 12.2 Å². The minimum Gasteiger partial charge on any atom is -0.399 e. The van der Waals surface area contributed by atoms with Crippen LogP contribution in [0.15, 0.2) is 12.1 Å². The molecule has 0 saturated heterocycles. The summed E-state index contributed by atoms with van der Waals surface area (Å²) in [5.74, 6) is -2.19. The molecule has 1 aromatic carbocycles. The molecule has 5 N–H and O–H groups in total. The minimum atomic E-state index is -3.66. The van der Waals surface area contributed by atoms with E-state index < -0.39 is 33.1 Å². The van der Waals surface area contributed by atoms with Gasteiger partial charge < -0.3 is 11.1 Å². The lowest BCUT2D eigenvalue weighted by Gasteiger charge is -2.08. The summed E-state index contributed by atoms with van der Waals surface area (Å²) < 4.78 is 47.5. The number of anilines is 2. The first-order chi connectivity index (χ1) is 7.29. The fraction of sp³-hybridized carbons (Fsp3) is 0.250. The molecule has 0 saturated carbocycles. The van der Waals surface area contributed by atoms with Crippen LogP contribution in [0.5, 0.6) is 0 Å². The summed E-state index contributed by atoms with van der Waals surface area (Å²) >= 11 is 0. The fourth-order valence-corrected chi connectivity index (χ4v) is 1.47.